The number of carbonyl (C=O) groups is 1. The van der Waals surface area contributed by atoms with Gasteiger partial charge in [0.25, 0.3) is 0 Å². The molecule has 0 aromatic rings. The second-order valence-electron chi connectivity index (χ2n) is 4.95. The summed E-state index contributed by atoms with van der Waals surface area (Å²) >= 11 is 1.77. The van der Waals surface area contributed by atoms with E-state index in [2.05, 4.69) is 23.0 Å². The topological polar surface area (TPSA) is 78.5 Å². The zero-order valence-corrected chi connectivity index (χ0v) is 14.4. The minimum absolute atomic E-state index is 0.118. The van der Waals surface area contributed by atoms with Crippen LogP contribution < -0.4 is 10.2 Å². The maximum Gasteiger partial charge on any atom is 0.220 e. The molecule has 0 aromatic heterocycles. The number of rotatable bonds is 12. The van der Waals surface area contributed by atoms with Crippen LogP contribution in [0.2, 0.25) is 0 Å². The van der Waals surface area contributed by atoms with E-state index in [0.717, 1.165) is 38.8 Å². The number of hydrogen-bond acceptors (Lipinski definition) is 5. The van der Waals surface area contributed by atoms with Gasteiger partial charge >= 0.3 is 0 Å². The average Bonchev–Trinajstić information content (AvgIpc) is 2.37. The van der Waals surface area contributed by atoms with Gasteiger partial charge in [-0.25, -0.2) is 0 Å². The van der Waals surface area contributed by atoms with Gasteiger partial charge in [0, 0.05) is 24.9 Å². The molecular weight excluding hydrogens is 297 g/mol. The maximum atomic E-state index is 11.5. The molecule has 120 valence electrons. The molecule has 0 aliphatic carbocycles. The summed E-state index contributed by atoms with van der Waals surface area (Å²) < 4.78 is 15.4. The summed E-state index contributed by atoms with van der Waals surface area (Å²) in [5.41, 5.74) is 0. The Hall–Kier alpha value is -0.0300. The van der Waals surface area contributed by atoms with Crippen LogP contribution in [0.15, 0.2) is 0 Å². The van der Waals surface area contributed by atoms with E-state index in [0.29, 0.717) is 18.2 Å². The first-order valence-corrected chi connectivity index (χ1v) is 10.4. The lowest BCUT2D eigenvalue weighted by Gasteiger charge is -2.17. The number of nitrogens with one attached hydrogen (secondary N) is 1. The summed E-state index contributed by atoms with van der Waals surface area (Å²) in [5.74, 6) is 0.118. The van der Waals surface area contributed by atoms with Crippen LogP contribution in [0.1, 0.15) is 45.4 Å². The molecule has 0 rings (SSSR count). The molecule has 0 aromatic carbocycles. The zero-order valence-electron chi connectivity index (χ0n) is 12.7. The first kappa shape index (κ1) is 20.0. The Bertz CT molecular complexity index is 309. The summed E-state index contributed by atoms with van der Waals surface area (Å²) in [6.07, 6.45) is 7.10. The molecule has 0 radical (unpaired) electrons. The highest BCUT2D eigenvalue weighted by Gasteiger charge is 2.04. The quantitative estimate of drug-likeness (QED) is 0.440. The van der Waals surface area contributed by atoms with E-state index in [1.165, 1.54) is 0 Å². The highest BCUT2D eigenvalue weighted by Crippen LogP contribution is 2.30. The summed E-state index contributed by atoms with van der Waals surface area (Å²) in [6.45, 7) is 4.16. The Morgan fingerprint density at radius 3 is 2.60 bits per heavy atom. The number of amides is 1. The number of unbranched alkanes of at least 4 members (excludes halogenated alkanes) is 3. The molecule has 5 nitrogen and oxygen atoms in total. The normalized spacial score (nSPS) is 15.6. The third-order valence-electron chi connectivity index (χ3n) is 2.90. The van der Waals surface area contributed by atoms with Crippen molar-refractivity contribution in [3.8, 4) is 0 Å². The van der Waals surface area contributed by atoms with Gasteiger partial charge in [-0.2, -0.15) is 11.8 Å². The van der Waals surface area contributed by atoms with Crippen molar-refractivity contribution in [1.82, 2.24) is 5.32 Å². The van der Waals surface area contributed by atoms with Crippen LogP contribution in [-0.2, 0) is 13.9 Å². The maximum absolute atomic E-state index is 11.5. The first-order valence-electron chi connectivity index (χ1n) is 7.07. The number of carbonyl (C=O) groups excluding carboxylic acids is 1. The van der Waals surface area contributed by atoms with Crippen LogP contribution in [0, 0.1) is 0 Å². The molecule has 0 saturated carbocycles. The number of thioether (sulfide) groups is 1. The lowest BCUT2D eigenvalue weighted by molar-refractivity contribution is -0.196. The summed E-state index contributed by atoms with van der Waals surface area (Å²) in [5, 5.41) is 3.43. The van der Waals surface area contributed by atoms with Crippen LogP contribution >= 0.6 is 19.4 Å². The lowest BCUT2D eigenvalue weighted by atomic mass is 10.2. The molecular formula is C13H27NO4PS-. The largest absolute Gasteiger partial charge is 0.779 e. The third kappa shape index (κ3) is 14.4. The molecule has 2 atom stereocenters. The van der Waals surface area contributed by atoms with E-state index in [1.54, 1.807) is 11.8 Å². The van der Waals surface area contributed by atoms with Crippen LogP contribution in [0.25, 0.3) is 0 Å². The van der Waals surface area contributed by atoms with Gasteiger partial charge in [0.1, 0.15) is 7.60 Å². The van der Waals surface area contributed by atoms with Gasteiger partial charge in [-0.3, -0.25) is 4.79 Å². The van der Waals surface area contributed by atoms with E-state index in [-0.39, 0.29) is 12.5 Å². The standard InChI is InChI=1S/C13H28NO4PS/c1-12(20-3)8-9-13(15)14-10-6-4-5-7-11-18-19(2,16)17/h12H,4-11H2,1-3H3,(H,14,15)(H,16,17)/p-1. The van der Waals surface area contributed by atoms with Gasteiger partial charge < -0.3 is 19.3 Å². The number of hydrogen-bond donors (Lipinski definition) is 1. The van der Waals surface area contributed by atoms with Crippen molar-refractivity contribution in [2.45, 2.75) is 50.7 Å². The summed E-state index contributed by atoms with van der Waals surface area (Å²) in [4.78, 5) is 22.2. The second-order valence-corrected chi connectivity index (χ2v) is 8.03. The molecule has 1 amide bonds. The van der Waals surface area contributed by atoms with Crippen molar-refractivity contribution >= 4 is 25.3 Å². The molecule has 2 unspecified atom stereocenters. The van der Waals surface area contributed by atoms with Gasteiger partial charge in [0.15, 0.2) is 0 Å². The molecule has 1 N–H and O–H groups in total. The highest BCUT2D eigenvalue weighted by molar-refractivity contribution is 7.99. The van der Waals surface area contributed by atoms with Gasteiger partial charge in [-0.15, -0.1) is 0 Å². The Labute approximate surface area is 126 Å². The van der Waals surface area contributed by atoms with Crippen molar-refractivity contribution in [3.63, 3.8) is 0 Å². The Morgan fingerprint density at radius 1 is 1.35 bits per heavy atom. The molecule has 0 spiro atoms. The van der Waals surface area contributed by atoms with Crippen LogP contribution in [0.4, 0.5) is 0 Å². The van der Waals surface area contributed by atoms with Gasteiger partial charge in [-0.05, 0) is 25.5 Å². The predicted molar refractivity (Wildman–Crippen MR) is 83.2 cm³/mol. The summed E-state index contributed by atoms with van der Waals surface area (Å²) in [6, 6.07) is 0. The monoisotopic (exact) mass is 324 g/mol. The average molecular weight is 324 g/mol. The fourth-order valence-corrected chi connectivity index (χ4v) is 2.39. The minimum atomic E-state index is -3.57. The Kier molecular flexibility index (Phi) is 11.6. The van der Waals surface area contributed by atoms with Gasteiger partial charge in [0.05, 0.1) is 6.61 Å². The highest BCUT2D eigenvalue weighted by atomic mass is 32.2. The summed E-state index contributed by atoms with van der Waals surface area (Å²) in [7, 11) is -3.57. The lowest BCUT2D eigenvalue weighted by Crippen LogP contribution is -2.24. The van der Waals surface area contributed by atoms with Crippen molar-refractivity contribution in [2.24, 2.45) is 0 Å². The van der Waals surface area contributed by atoms with E-state index in [4.69, 9.17) is 0 Å². The van der Waals surface area contributed by atoms with Crippen LogP contribution in [0.5, 0.6) is 0 Å². The molecule has 0 heterocycles. The molecule has 0 aliphatic heterocycles. The van der Waals surface area contributed by atoms with E-state index >= 15 is 0 Å². The SMILES string of the molecule is CSC(C)CCC(=O)NCCCCCCOP(C)(=O)[O-]. The second kappa shape index (κ2) is 11.6. The van der Waals surface area contributed by atoms with Crippen LogP contribution in [0.3, 0.4) is 0 Å². The smallest absolute Gasteiger partial charge is 0.220 e. The molecule has 0 bridgehead atoms. The molecule has 20 heavy (non-hydrogen) atoms. The zero-order chi connectivity index (χ0) is 15.4. The van der Waals surface area contributed by atoms with Gasteiger partial charge in [0.2, 0.25) is 5.91 Å². The predicted octanol–water partition coefficient (Wildman–Crippen LogP) is 2.39. The first-order chi connectivity index (χ1) is 9.35. The van der Waals surface area contributed by atoms with Crippen molar-refractivity contribution in [3.05, 3.63) is 0 Å². The fourth-order valence-electron chi connectivity index (χ4n) is 1.58. The van der Waals surface area contributed by atoms with E-state index < -0.39 is 7.60 Å². The van der Waals surface area contributed by atoms with Gasteiger partial charge in [-0.1, -0.05) is 19.8 Å². The minimum Gasteiger partial charge on any atom is -0.779 e. The molecule has 7 heteroatoms. The molecule has 0 fully saturated rings. The Balaban J connectivity index is 3.31. The van der Waals surface area contributed by atoms with Crippen LogP contribution in [-0.4, -0.2) is 37.2 Å². The van der Waals surface area contributed by atoms with E-state index in [9.17, 15) is 14.3 Å². The van der Waals surface area contributed by atoms with Crippen molar-refractivity contribution in [1.29, 1.82) is 0 Å². The third-order valence-corrected chi connectivity index (χ3v) is 4.59. The Morgan fingerprint density at radius 2 is 2.00 bits per heavy atom. The fraction of sp³-hybridized carbons (Fsp3) is 0.923. The van der Waals surface area contributed by atoms with E-state index in [1.807, 2.05) is 0 Å². The van der Waals surface area contributed by atoms with Crippen molar-refractivity contribution in [2.75, 3.05) is 26.1 Å². The van der Waals surface area contributed by atoms with Crippen molar-refractivity contribution < 1.29 is 18.8 Å². The molecule has 0 aliphatic rings. The molecule has 0 saturated heterocycles.